The van der Waals surface area contributed by atoms with Gasteiger partial charge in [-0.15, -0.1) is 0 Å². The van der Waals surface area contributed by atoms with Crippen LogP contribution in [0.15, 0.2) is 54.7 Å². The average Bonchev–Trinajstić information content (AvgIpc) is 3.22. The minimum atomic E-state index is -0.0284. The van der Waals surface area contributed by atoms with Gasteiger partial charge in [0.2, 0.25) is 5.91 Å². The molecule has 0 fully saturated rings. The number of imidazole rings is 1. The van der Waals surface area contributed by atoms with E-state index in [0.717, 1.165) is 45.2 Å². The van der Waals surface area contributed by atoms with Crippen LogP contribution in [-0.4, -0.2) is 35.1 Å². The Balaban J connectivity index is 1.51. The van der Waals surface area contributed by atoms with Gasteiger partial charge in [0.25, 0.3) is 0 Å². The predicted molar refractivity (Wildman–Crippen MR) is 144 cm³/mol. The molecular formula is C30H35N3O3. The second kappa shape index (κ2) is 11.3. The molecule has 2 heterocycles. The van der Waals surface area contributed by atoms with Crippen molar-refractivity contribution < 1.29 is 14.3 Å². The number of rotatable bonds is 10. The van der Waals surface area contributed by atoms with Crippen LogP contribution in [0.4, 0.5) is 0 Å². The average molecular weight is 486 g/mol. The van der Waals surface area contributed by atoms with Gasteiger partial charge >= 0.3 is 0 Å². The summed E-state index contributed by atoms with van der Waals surface area (Å²) in [5, 5.41) is 3.09. The molecule has 0 radical (unpaired) electrons. The quantitative estimate of drug-likeness (QED) is 0.316. The third kappa shape index (κ3) is 5.54. The van der Waals surface area contributed by atoms with Crippen LogP contribution in [0.3, 0.4) is 0 Å². The van der Waals surface area contributed by atoms with E-state index in [0.29, 0.717) is 26.2 Å². The number of fused-ring (bicyclic) bond motifs is 1. The van der Waals surface area contributed by atoms with E-state index < -0.39 is 0 Å². The number of pyridine rings is 1. The van der Waals surface area contributed by atoms with Crippen LogP contribution in [0.1, 0.15) is 41.8 Å². The molecule has 2 aromatic heterocycles. The lowest BCUT2D eigenvalue weighted by Gasteiger charge is -2.13. The number of carbonyl (C=O) groups excluding carboxylic acids is 1. The lowest BCUT2D eigenvalue weighted by Crippen LogP contribution is -2.27. The Labute approximate surface area is 213 Å². The van der Waals surface area contributed by atoms with Crippen LogP contribution in [-0.2, 0) is 17.6 Å². The molecule has 0 saturated carbocycles. The minimum Gasteiger partial charge on any atom is -0.490 e. The van der Waals surface area contributed by atoms with E-state index in [-0.39, 0.29) is 12.3 Å². The molecule has 0 unspecified atom stereocenters. The smallest absolute Gasteiger partial charge is 0.226 e. The zero-order valence-electron chi connectivity index (χ0n) is 21.9. The molecule has 2 aromatic carbocycles. The third-order valence-corrected chi connectivity index (χ3v) is 6.40. The van der Waals surface area contributed by atoms with Gasteiger partial charge in [-0.05, 0) is 87.6 Å². The predicted octanol–water partition coefficient (Wildman–Crippen LogP) is 5.63. The van der Waals surface area contributed by atoms with Crippen molar-refractivity contribution in [2.75, 3.05) is 19.8 Å². The number of hydrogen-bond donors (Lipinski definition) is 1. The third-order valence-electron chi connectivity index (χ3n) is 6.40. The minimum absolute atomic E-state index is 0.0284. The summed E-state index contributed by atoms with van der Waals surface area (Å²) in [6, 6.07) is 16.3. The number of carbonyl (C=O) groups is 1. The van der Waals surface area contributed by atoms with Crippen molar-refractivity contribution in [1.82, 2.24) is 14.7 Å². The van der Waals surface area contributed by atoms with Crippen molar-refractivity contribution in [3.8, 4) is 22.8 Å². The van der Waals surface area contributed by atoms with Gasteiger partial charge in [-0.1, -0.05) is 24.3 Å². The van der Waals surface area contributed by atoms with Crippen LogP contribution in [0.25, 0.3) is 16.9 Å². The first kappa shape index (κ1) is 25.3. The molecular weight excluding hydrogens is 450 g/mol. The Hall–Kier alpha value is -3.80. The Morgan fingerprint density at radius 2 is 1.69 bits per heavy atom. The Bertz CT molecular complexity index is 1370. The first-order valence-electron chi connectivity index (χ1n) is 12.6. The number of nitrogens with zero attached hydrogens (tertiary/aromatic N) is 2. The highest BCUT2D eigenvalue weighted by atomic mass is 16.5. The molecule has 188 valence electrons. The Kier molecular flexibility index (Phi) is 7.93. The van der Waals surface area contributed by atoms with Crippen molar-refractivity contribution in [1.29, 1.82) is 0 Å². The normalized spacial score (nSPS) is 11.0. The first-order chi connectivity index (χ1) is 17.4. The summed E-state index contributed by atoms with van der Waals surface area (Å²) in [6.45, 7) is 11.8. The molecule has 4 rings (SSSR count). The molecule has 0 atom stereocenters. The molecule has 4 aromatic rings. The number of aromatic nitrogens is 2. The van der Waals surface area contributed by atoms with Crippen LogP contribution in [0, 0.1) is 20.8 Å². The van der Waals surface area contributed by atoms with Gasteiger partial charge in [0.1, 0.15) is 5.65 Å². The van der Waals surface area contributed by atoms with Crippen LogP contribution in [0.5, 0.6) is 11.5 Å². The van der Waals surface area contributed by atoms with Gasteiger partial charge in [0.05, 0.1) is 31.0 Å². The summed E-state index contributed by atoms with van der Waals surface area (Å²) < 4.78 is 13.4. The number of nitrogens with one attached hydrogen (secondary N) is 1. The van der Waals surface area contributed by atoms with Gasteiger partial charge in [0.15, 0.2) is 11.5 Å². The molecule has 0 aliphatic carbocycles. The summed E-state index contributed by atoms with van der Waals surface area (Å²) in [5.74, 6) is 1.45. The number of hydrogen-bond acceptors (Lipinski definition) is 4. The largest absolute Gasteiger partial charge is 0.490 e. The Morgan fingerprint density at radius 1 is 0.917 bits per heavy atom. The molecule has 0 saturated heterocycles. The van der Waals surface area contributed by atoms with Crippen molar-refractivity contribution in [2.45, 2.75) is 47.5 Å². The topological polar surface area (TPSA) is 64.9 Å². The highest BCUT2D eigenvalue weighted by Crippen LogP contribution is 2.29. The van der Waals surface area contributed by atoms with E-state index in [9.17, 15) is 4.79 Å². The van der Waals surface area contributed by atoms with Crippen LogP contribution < -0.4 is 14.8 Å². The summed E-state index contributed by atoms with van der Waals surface area (Å²) in [6.07, 6.45) is 2.94. The fraction of sp³-hybridized carbons (Fsp3) is 0.333. The monoisotopic (exact) mass is 485 g/mol. The molecule has 0 spiro atoms. The van der Waals surface area contributed by atoms with Gasteiger partial charge in [-0.3, -0.25) is 4.79 Å². The molecule has 1 amide bonds. The van der Waals surface area contributed by atoms with Crippen LogP contribution in [0.2, 0.25) is 0 Å². The number of aryl methyl sites for hydroxylation is 3. The first-order valence-corrected chi connectivity index (χ1v) is 12.6. The van der Waals surface area contributed by atoms with Crippen molar-refractivity contribution in [3.63, 3.8) is 0 Å². The number of amides is 1. The zero-order valence-corrected chi connectivity index (χ0v) is 21.9. The van der Waals surface area contributed by atoms with E-state index >= 15 is 0 Å². The SMILES string of the molecule is CCOc1ccc(CCNC(=O)Cc2c(-c3ccc(C)c(C)c3)nc3c(C)cccn23)cc1OCC. The molecule has 6 heteroatoms. The fourth-order valence-electron chi connectivity index (χ4n) is 4.35. The highest BCUT2D eigenvalue weighted by Gasteiger charge is 2.18. The van der Waals surface area contributed by atoms with Gasteiger partial charge in [-0.25, -0.2) is 4.98 Å². The number of benzene rings is 2. The fourth-order valence-corrected chi connectivity index (χ4v) is 4.35. The Morgan fingerprint density at radius 3 is 2.44 bits per heavy atom. The van der Waals surface area contributed by atoms with E-state index in [1.165, 1.54) is 11.1 Å². The van der Waals surface area contributed by atoms with Crippen LogP contribution >= 0.6 is 0 Å². The zero-order chi connectivity index (χ0) is 25.7. The molecule has 36 heavy (non-hydrogen) atoms. The molecule has 1 N–H and O–H groups in total. The van der Waals surface area contributed by atoms with E-state index in [2.05, 4.69) is 37.4 Å². The molecule has 6 nitrogen and oxygen atoms in total. The molecule has 0 bridgehead atoms. The van der Waals surface area contributed by atoms with Crippen molar-refractivity contribution >= 4 is 11.6 Å². The summed E-state index contributed by atoms with van der Waals surface area (Å²) >= 11 is 0. The van der Waals surface area contributed by atoms with E-state index in [4.69, 9.17) is 14.5 Å². The number of ether oxygens (including phenoxy) is 2. The second-order valence-corrected chi connectivity index (χ2v) is 9.01. The van der Waals surface area contributed by atoms with Crippen molar-refractivity contribution in [2.24, 2.45) is 0 Å². The molecule has 0 aliphatic heterocycles. The highest BCUT2D eigenvalue weighted by molar-refractivity contribution is 5.82. The summed E-state index contributed by atoms with van der Waals surface area (Å²) in [7, 11) is 0. The maximum atomic E-state index is 13.0. The summed E-state index contributed by atoms with van der Waals surface area (Å²) in [4.78, 5) is 18.0. The van der Waals surface area contributed by atoms with Gasteiger partial charge in [0, 0.05) is 18.3 Å². The lowest BCUT2D eigenvalue weighted by atomic mass is 10.0. The maximum absolute atomic E-state index is 13.0. The standard InChI is InChI=1S/C30H35N3O3/c1-6-35-26-13-11-23(18-27(26)36-7-2)14-15-31-28(34)19-25-29(24-12-10-20(3)22(5)17-24)32-30-21(4)9-8-16-33(25)30/h8-13,16-18H,6-7,14-15,19H2,1-5H3,(H,31,34). The van der Waals surface area contributed by atoms with Gasteiger partial charge in [-0.2, -0.15) is 0 Å². The summed E-state index contributed by atoms with van der Waals surface area (Å²) in [5.41, 5.74) is 8.27. The second-order valence-electron chi connectivity index (χ2n) is 9.01. The van der Waals surface area contributed by atoms with E-state index in [1.54, 1.807) is 0 Å². The molecule has 0 aliphatic rings. The maximum Gasteiger partial charge on any atom is 0.226 e. The van der Waals surface area contributed by atoms with Gasteiger partial charge < -0.3 is 19.2 Å². The van der Waals surface area contributed by atoms with Crippen molar-refractivity contribution in [3.05, 3.63) is 82.7 Å². The lowest BCUT2D eigenvalue weighted by molar-refractivity contribution is -0.120. The van der Waals surface area contributed by atoms with E-state index in [1.807, 2.05) is 61.7 Å².